The molecule has 0 heterocycles. The molecule has 0 bridgehead atoms. The van der Waals surface area contributed by atoms with Gasteiger partial charge in [0.1, 0.15) is 11.8 Å². The summed E-state index contributed by atoms with van der Waals surface area (Å²) >= 11 is 3.31. The van der Waals surface area contributed by atoms with Gasteiger partial charge >= 0.3 is 5.97 Å². The zero-order valence-corrected chi connectivity index (χ0v) is 20.4. The van der Waals surface area contributed by atoms with E-state index in [1.807, 2.05) is 0 Å². The molecule has 0 aliphatic rings. The monoisotopic (exact) mass is 511 g/mol. The van der Waals surface area contributed by atoms with E-state index < -0.39 is 29.7 Å². The number of carbonyl (C=O) groups is 4. The van der Waals surface area contributed by atoms with E-state index in [9.17, 15) is 19.2 Å². The van der Waals surface area contributed by atoms with E-state index in [0.717, 1.165) is 36.6 Å². The highest BCUT2D eigenvalue weighted by molar-refractivity contribution is 9.10. The molecule has 178 valence electrons. The highest BCUT2D eigenvalue weighted by Crippen LogP contribution is 2.17. The van der Waals surface area contributed by atoms with Crippen LogP contribution in [0.2, 0.25) is 0 Å². The van der Waals surface area contributed by atoms with E-state index in [4.69, 9.17) is 10.5 Å². The van der Waals surface area contributed by atoms with Gasteiger partial charge in [-0.1, -0.05) is 55.5 Å². The predicted molar refractivity (Wildman–Crippen MR) is 126 cm³/mol. The number of carbonyl (C=O) groups excluding carboxylic acids is 4. The average molecular weight is 512 g/mol. The first-order chi connectivity index (χ1) is 15.2. The normalized spacial score (nSPS) is 12.5. The number of primary amides is 1. The van der Waals surface area contributed by atoms with Crippen molar-refractivity contribution in [1.29, 1.82) is 0 Å². The Morgan fingerprint density at radius 2 is 1.72 bits per heavy atom. The number of esters is 1. The first-order valence-corrected chi connectivity index (χ1v) is 11.8. The van der Waals surface area contributed by atoms with Gasteiger partial charge in [0.15, 0.2) is 0 Å². The summed E-state index contributed by atoms with van der Waals surface area (Å²) in [7, 11) is 0. The standard InChI is InChI=1S/C23H34BrN3O5/c1-3-4-5-6-7-8-21(29)27-19(15-20(25)28)22(30)26-14-13-16(2)23(31)32-18-11-9-17(24)10-12-18/h9-12,16,19H,3-8,13-15H2,1-2H3,(H2,25,28)(H,26,30)(H,27,29)/t16-,19-/m1/s1. The van der Waals surface area contributed by atoms with E-state index >= 15 is 0 Å². The minimum absolute atomic E-state index is 0.192. The van der Waals surface area contributed by atoms with Gasteiger partial charge in [0, 0.05) is 17.4 Å². The van der Waals surface area contributed by atoms with E-state index in [2.05, 4.69) is 33.5 Å². The summed E-state index contributed by atoms with van der Waals surface area (Å²) in [4.78, 5) is 48.1. The minimum atomic E-state index is -1.03. The highest BCUT2D eigenvalue weighted by Gasteiger charge is 2.23. The van der Waals surface area contributed by atoms with Crippen LogP contribution in [-0.4, -0.2) is 36.3 Å². The third-order valence-corrected chi connectivity index (χ3v) is 5.40. The second kappa shape index (κ2) is 15.4. The van der Waals surface area contributed by atoms with Gasteiger partial charge in [0.25, 0.3) is 0 Å². The Kier molecular flexibility index (Phi) is 13.3. The van der Waals surface area contributed by atoms with Crippen LogP contribution in [0.15, 0.2) is 28.7 Å². The van der Waals surface area contributed by atoms with E-state index in [1.165, 1.54) is 0 Å². The van der Waals surface area contributed by atoms with Crippen LogP contribution in [0.25, 0.3) is 0 Å². The smallest absolute Gasteiger partial charge is 0.314 e. The zero-order valence-electron chi connectivity index (χ0n) is 18.8. The summed E-state index contributed by atoms with van der Waals surface area (Å²) < 4.78 is 6.19. The number of ether oxygens (including phenoxy) is 1. The summed E-state index contributed by atoms with van der Waals surface area (Å²) in [5.74, 6) is -1.89. The fourth-order valence-electron chi connectivity index (χ4n) is 2.94. The van der Waals surface area contributed by atoms with Gasteiger partial charge in [0.05, 0.1) is 12.3 Å². The van der Waals surface area contributed by atoms with E-state index in [0.29, 0.717) is 18.6 Å². The van der Waals surface area contributed by atoms with Gasteiger partial charge in [-0.15, -0.1) is 0 Å². The molecule has 8 nitrogen and oxygen atoms in total. The Morgan fingerprint density at radius 1 is 1.06 bits per heavy atom. The number of hydrogen-bond donors (Lipinski definition) is 3. The lowest BCUT2D eigenvalue weighted by Crippen LogP contribution is -2.49. The lowest BCUT2D eigenvalue weighted by Gasteiger charge is -2.18. The largest absolute Gasteiger partial charge is 0.426 e. The number of hydrogen-bond acceptors (Lipinski definition) is 5. The van der Waals surface area contributed by atoms with Crippen LogP contribution in [0.1, 0.15) is 65.2 Å². The number of benzene rings is 1. The lowest BCUT2D eigenvalue weighted by molar-refractivity contribution is -0.138. The summed E-state index contributed by atoms with van der Waals surface area (Å²) in [6.07, 6.45) is 5.35. The molecule has 0 saturated carbocycles. The van der Waals surface area contributed by atoms with Crippen molar-refractivity contribution in [3.05, 3.63) is 28.7 Å². The lowest BCUT2D eigenvalue weighted by atomic mass is 10.1. The van der Waals surface area contributed by atoms with Crippen molar-refractivity contribution in [2.75, 3.05) is 6.54 Å². The summed E-state index contributed by atoms with van der Waals surface area (Å²) in [5.41, 5.74) is 5.23. The van der Waals surface area contributed by atoms with Crippen molar-refractivity contribution >= 4 is 39.6 Å². The van der Waals surface area contributed by atoms with Crippen LogP contribution in [-0.2, 0) is 19.2 Å². The molecule has 2 atom stereocenters. The third kappa shape index (κ3) is 11.8. The maximum atomic E-state index is 12.4. The van der Waals surface area contributed by atoms with Crippen molar-refractivity contribution in [2.45, 2.75) is 71.3 Å². The molecule has 0 aliphatic heterocycles. The second-order valence-corrected chi connectivity index (χ2v) is 8.73. The van der Waals surface area contributed by atoms with Crippen molar-refractivity contribution in [3.63, 3.8) is 0 Å². The molecule has 0 aromatic heterocycles. The van der Waals surface area contributed by atoms with Crippen LogP contribution in [0.4, 0.5) is 0 Å². The Balaban J connectivity index is 2.43. The molecule has 32 heavy (non-hydrogen) atoms. The highest BCUT2D eigenvalue weighted by atomic mass is 79.9. The molecular formula is C23H34BrN3O5. The SMILES string of the molecule is CCCCCCCC(=O)N[C@H](CC(N)=O)C(=O)NCC[C@@H](C)C(=O)Oc1ccc(Br)cc1. The van der Waals surface area contributed by atoms with Crippen molar-refractivity contribution in [3.8, 4) is 5.75 Å². The number of nitrogens with two attached hydrogens (primary N) is 1. The minimum Gasteiger partial charge on any atom is -0.426 e. The Morgan fingerprint density at radius 3 is 2.34 bits per heavy atom. The molecule has 1 rings (SSSR count). The molecule has 0 saturated heterocycles. The van der Waals surface area contributed by atoms with Gasteiger partial charge in [0.2, 0.25) is 17.7 Å². The van der Waals surface area contributed by atoms with Gasteiger partial charge < -0.3 is 21.1 Å². The first kappa shape index (κ1) is 27.6. The Labute approximate surface area is 198 Å². The zero-order chi connectivity index (χ0) is 23.9. The van der Waals surface area contributed by atoms with Crippen LogP contribution in [0.5, 0.6) is 5.75 Å². The molecule has 0 spiro atoms. The molecule has 0 fully saturated rings. The van der Waals surface area contributed by atoms with Crippen molar-refractivity contribution in [2.24, 2.45) is 11.7 Å². The van der Waals surface area contributed by atoms with Gasteiger partial charge in [-0.05, 0) is 37.1 Å². The van der Waals surface area contributed by atoms with Crippen LogP contribution >= 0.6 is 15.9 Å². The Bertz CT molecular complexity index is 755. The van der Waals surface area contributed by atoms with Crippen molar-refractivity contribution in [1.82, 2.24) is 10.6 Å². The second-order valence-electron chi connectivity index (χ2n) is 7.81. The van der Waals surface area contributed by atoms with Crippen LogP contribution in [0, 0.1) is 5.92 Å². The average Bonchev–Trinajstić information content (AvgIpc) is 2.74. The molecule has 0 radical (unpaired) electrons. The van der Waals surface area contributed by atoms with Crippen LogP contribution in [0.3, 0.4) is 0 Å². The van der Waals surface area contributed by atoms with Gasteiger partial charge in [-0.25, -0.2) is 0 Å². The summed E-state index contributed by atoms with van der Waals surface area (Å²) in [6, 6.07) is 5.87. The van der Waals surface area contributed by atoms with Gasteiger partial charge in [-0.3, -0.25) is 19.2 Å². The van der Waals surface area contributed by atoms with E-state index in [1.54, 1.807) is 31.2 Å². The Hall–Kier alpha value is -2.42. The van der Waals surface area contributed by atoms with Crippen molar-refractivity contribution < 1.29 is 23.9 Å². The molecule has 0 aliphatic carbocycles. The summed E-state index contributed by atoms with van der Waals surface area (Å²) in [6.45, 7) is 4.01. The molecule has 1 aromatic rings. The van der Waals surface area contributed by atoms with Crippen LogP contribution < -0.4 is 21.1 Å². The fourth-order valence-corrected chi connectivity index (χ4v) is 3.20. The number of halogens is 1. The number of unbranched alkanes of at least 4 members (excludes halogenated alkanes) is 4. The first-order valence-electron chi connectivity index (χ1n) is 11.1. The third-order valence-electron chi connectivity index (χ3n) is 4.88. The maximum absolute atomic E-state index is 12.4. The molecular weight excluding hydrogens is 478 g/mol. The molecule has 0 unspecified atom stereocenters. The summed E-state index contributed by atoms with van der Waals surface area (Å²) in [5, 5.41) is 5.25. The number of nitrogens with one attached hydrogen (secondary N) is 2. The molecule has 4 N–H and O–H groups in total. The maximum Gasteiger partial charge on any atom is 0.314 e. The number of rotatable bonds is 15. The topological polar surface area (TPSA) is 128 Å². The molecule has 3 amide bonds. The quantitative estimate of drug-likeness (QED) is 0.189. The van der Waals surface area contributed by atoms with Gasteiger partial charge in [-0.2, -0.15) is 0 Å². The number of amides is 3. The van der Waals surface area contributed by atoms with E-state index in [-0.39, 0.29) is 18.9 Å². The fraction of sp³-hybridized carbons (Fsp3) is 0.565. The predicted octanol–water partition coefficient (Wildman–Crippen LogP) is 3.22. The molecule has 9 heteroatoms. The molecule has 1 aromatic carbocycles.